The van der Waals surface area contributed by atoms with Crippen LogP contribution in [0.2, 0.25) is 0 Å². The van der Waals surface area contributed by atoms with Crippen molar-refractivity contribution >= 4 is 0 Å². The van der Waals surface area contributed by atoms with Crippen LogP contribution >= 0.6 is 0 Å². The lowest BCUT2D eigenvalue weighted by Crippen LogP contribution is -2.39. The van der Waals surface area contributed by atoms with Crippen molar-refractivity contribution < 1.29 is 9.63 Å². The second kappa shape index (κ2) is 4.75. The maximum absolute atomic E-state index is 10.5. The average molecular weight is 259 g/mol. The van der Waals surface area contributed by atoms with Gasteiger partial charge in [0.2, 0.25) is 5.82 Å². The highest BCUT2D eigenvalue weighted by Crippen LogP contribution is 2.30. The number of aromatic nitrogens is 2. The number of piperidine rings is 1. The molecule has 1 aromatic carbocycles. The molecule has 1 aromatic heterocycles. The van der Waals surface area contributed by atoms with Gasteiger partial charge in [0.25, 0.3) is 5.89 Å². The lowest BCUT2D eigenvalue weighted by molar-refractivity contribution is -0.0228. The van der Waals surface area contributed by atoms with Gasteiger partial charge in [-0.15, -0.1) is 0 Å². The zero-order valence-electron chi connectivity index (χ0n) is 10.9. The van der Waals surface area contributed by atoms with Crippen molar-refractivity contribution in [2.24, 2.45) is 0 Å². The number of benzene rings is 1. The van der Waals surface area contributed by atoms with E-state index in [0.717, 1.165) is 24.2 Å². The predicted octanol–water partition coefficient (Wildman–Crippen LogP) is 1.62. The highest BCUT2D eigenvalue weighted by molar-refractivity contribution is 5.55. The molecule has 0 atom stereocenters. The summed E-state index contributed by atoms with van der Waals surface area (Å²) in [6, 6.07) is 7.92. The summed E-state index contributed by atoms with van der Waals surface area (Å²) in [5.41, 5.74) is 1.07. The van der Waals surface area contributed by atoms with Crippen molar-refractivity contribution in [1.29, 1.82) is 0 Å². The molecule has 0 bridgehead atoms. The summed E-state index contributed by atoms with van der Waals surface area (Å²) in [4.78, 5) is 4.36. The Labute approximate surface area is 111 Å². The lowest BCUT2D eigenvalue weighted by atomic mass is 9.92. The minimum Gasteiger partial charge on any atom is -0.380 e. The van der Waals surface area contributed by atoms with Crippen molar-refractivity contribution in [3.63, 3.8) is 0 Å². The topological polar surface area (TPSA) is 71.2 Å². The summed E-state index contributed by atoms with van der Waals surface area (Å²) in [7, 11) is 0. The van der Waals surface area contributed by atoms with Gasteiger partial charge in [-0.1, -0.05) is 28.9 Å². The second-order valence-corrected chi connectivity index (χ2v) is 5.07. The zero-order chi connectivity index (χ0) is 13.3. The summed E-state index contributed by atoms with van der Waals surface area (Å²) in [6.07, 6.45) is 1.20. The number of nitrogens with zero attached hydrogens (tertiary/aromatic N) is 2. The van der Waals surface area contributed by atoms with Crippen molar-refractivity contribution in [3.05, 3.63) is 35.7 Å². The monoisotopic (exact) mass is 259 g/mol. The van der Waals surface area contributed by atoms with Gasteiger partial charge in [-0.2, -0.15) is 4.98 Å². The van der Waals surface area contributed by atoms with Gasteiger partial charge in [-0.05, 0) is 38.9 Å². The van der Waals surface area contributed by atoms with Gasteiger partial charge in [0, 0.05) is 5.56 Å². The van der Waals surface area contributed by atoms with Crippen LogP contribution in [0.15, 0.2) is 28.8 Å². The highest BCUT2D eigenvalue weighted by atomic mass is 16.5. The summed E-state index contributed by atoms with van der Waals surface area (Å²) >= 11 is 0. The first-order valence-corrected chi connectivity index (χ1v) is 6.52. The summed E-state index contributed by atoms with van der Waals surface area (Å²) in [5, 5.41) is 17.7. The maximum Gasteiger partial charge on any atom is 0.259 e. The fourth-order valence-corrected chi connectivity index (χ4v) is 2.37. The quantitative estimate of drug-likeness (QED) is 0.857. The van der Waals surface area contributed by atoms with E-state index < -0.39 is 5.60 Å². The van der Waals surface area contributed by atoms with E-state index in [1.807, 2.05) is 31.2 Å². The van der Waals surface area contributed by atoms with Crippen LogP contribution in [-0.2, 0) is 5.60 Å². The predicted molar refractivity (Wildman–Crippen MR) is 70.5 cm³/mol. The molecule has 1 aliphatic rings. The van der Waals surface area contributed by atoms with Crippen LogP contribution in [0.1, 0.15) is 24.3 Å². The van der Waals surface area contributed by atoms with E-state index >= 15 is 0 Å². The molecule has 1 fully saturated rings. The van der Waals surface area contributed by atoms with Crippen LogP contribution in [-0.4, -0.2) is 28.3 Å². The number of aliphatic hydroxyl groups is 1. The molecule has 0 aliphatic carbocycles. The van der Waals surface area contributed by atoms with E-state index in [2.05, 4.69) is 15.5 Å². The molecule has 5 nitrogen and oxygen atoms in total. The minimum atomic E-state index is -0.986. The van der Waals surface area contributed by atoms with Crippen molar-refractivity contribution in [2.75, 3.05) is 13.1 Å². The number of hydrogen-bond donors (Lipinski definition) is 2. The first-order chi connectivity index (χ1) is 9.17. The smallest absolute Gasteiger partial charge is 0.259 e. The number of aryl methyl sites for hydroxylation is 1. The summed E-state index contributed by atoms with van der Waals surface area (Å²) in [6.45, 7) is 3.54. The minimum absolute atomic E-state index is 0.325. The molecule has 19 heavy (non-hydrogen) atoms. The van der Waals surface area contributed by atoms with Gasteiger partial charge < -0.3 is 14.9 Å². The van der Waals surface area contributed by atoms with E-state index in [9.17, 15) is 5.11 Å². The first kappa shape index (κ1) is 12.3. The summed E-state index contributed by atoms with van der Waals surface area (Å²) < 4.78 is 5.26. The lowest BCUT2D eigenvalue weighted by Gasteiger charge is -2.28. The van der Waals surface area contributed by atoms with Crippen LogP contribution in [0, 0.1) is 6.92 Å². The molecule has 2 N–H and O–H groups in total. The molecular weight excluding hydrogens is 242 g/mol. The standard InChI is InChI=1S/C14H17N3O2/c1-10-3-2-4-11(9-10)12-16-13(19-17-12)14(18)5-7-15-8-6-14/h2-4,9,15,18H,5-8H2,1H3. The van der Waals surface area contributed by atoms with E-state index in [1.165, 1.54) is 0 Å². The molecule has 0 saturated carbocycles. The van der Waals surface area contributed by atoms with Gasteiger partial charge >= 0.3 is 0 Å². The maximum atomic E-state index is 10.5. The van der Waals surface area contributed by atoms with E-state index in [1.54, 1.807) is 0 Å². The Morgan fingerprint density at radius 2 is 2.11 bits per heavy atom. The van der Waals surface area contributed by atoms with Crippen molar-refractivity contribution in [1.82, 2.24) is 15.5 Å². The Morgan fingerprint density at radius 1 is 1.32 bits per heavy atom. The van der Waals surface area contributed by atoms with E-state index in [-0.39, 0.29) is 0 Å². The van der Waals surface area contributed by atoms with Crippen LogP contribution in [0.25, 0.3) is 11.4 Å². The van der Waals surface area contributed by atoms with Crippen molar-refractivity contribution in [2.45, 2.75) is 25.4 Å². The Bertz CT molecular complexity index is 574. The van der Waals surface area contributed by atoms with Crippen LogP contribution in [0.5, 0.6) is 0 Å². The van der Waals surface area contributed by atoms with Gasteiger partial charge in [0.1, 0.15) is 5.60 Å². The molecular formula is C14H17N3O2. The fraction of sp³-hybridized carbons (Fsp3) is 0.429. The Kier molecular flexibility index (Phi) is 3.08. The molecule has 0 spiro atoms. The average Bonchev–Trinajstić information content (AvgIpc) is 2.90. The molecule has 1 aliphatic heterocycles. The third-order valence-corrected chi connectivity index (χ3v) is 3.53. The summed E-state index contributed by atoms with van der Waals surface area (Å²) in [5.74, 6) is 0.858. The first-order valence-electron chi connectivity index (χ1n) is 6.52. The zero-order valence-corrected chi connectivity index (χ0v) is 10.9. The van der Waals surface area contributed by atoms with Crippen LogP contribution < -0.4 is 5.32 Å². The Morgan fingerprint density at radius 3 is 2.84 bits per heavy atom. The second-order valence-electron chi connectivity index (χ2n) is 5.07. The molecule has 0 amide bonds. The Hall–Kier alpha value is -1.72. The SMILES string of the molecule is Cc1cccc(-c2noc(C3(O)CCNCC3)n2)c1. The molecule has 0 unspecified atom stereocenters. The van der Waals surface area contributed by atoms with Gasteiger partial charge in [0.15, 0.2) is 0 Å². The third-order valence-electron chi connectivity index (χ3n) is 3.53. The number of nitrogens with one attached hydrogen (secondary N) is 1. The van der Waals surface area contributed by atoms with Crippen LogP contribution in [0.4, 0.5) is 0 Å². The molecule has 0 radical (unpaired) electrons. The molecule has 2 heterocycles. The van der Waals surface area contributed by atoms with Gasteiger partial charge in [-0.3, -0.25) is 0 Å². The Balaban J connectivity index is 1.91. The fourth-order valence-electron chi connectivity index (χ4n) is 2.37. The molecule has 3 rings (SSSR count). The van der Waals surface area contributed by atoms with Gasteiger partial charge in [0.05, 0.1) is 0 Å². The van der Waals surface area contributed by atoms with Gasteiger partial charge in [-0.25, -0.2) is 0 Å². The normalized spacial score (nSPS) is 18.4. The number of rotatable bonds is 2. The van der Waals surface area contributed by atoms with E-state index in [0.29, 0.717) is 24.6 Å². The van der Waals surface area contributed by atoms with E-state index in [4.69, 9.17) is 4.52 Å². The highest BCUT2D eigenvalue weighted by Gasteiger charge is 2.37. The number of hydrogen-bond acceptors (Lipinski definition) is 5. The molecule has 1 saturated heterocycles. The van der Waals surface area contributed by atoms with Crippen LogP contribution in [0.3, 0.4) is 0 Å². The largest absolute Gasteiger partial charge is 0.380 e. The molecule has 2 aromatic rings. The van der Waals surface area contributed by atoms with Crippen molar-refractivity contribution in [3.8, 4) is 11.4 Å². The molecule has 5 heteroatoms. The molecule has 100 valence electrons. The third kappa shape index (κ3) is 2.39.